The molecule has 1 heterocycles. The zero-order valence-corrected chi connectivity index (χ0v) is 19.4. The third kappa shape index (κ3) is 4.59. The summed E-state index contributed by atoms with van der Waals surface area (Å²) in [5, 5.41) is 5.95. The van der Waals surface area contributed by atoms with Crippen LogP contribution in [0.25, 0.3) is 0 Å². The maximum Gasteiger partial charge on any atom is 0.283 e. The van der Waals surface area contributed by atoms with Gasteiger partial charge in [-0.2, -0.15) is 0 Å². The molecule has 3 aromatic rings. The summed E-state index contributed by atoms with van der Waals surface area (Å²) < 4.78 is 0. The summed E-state index contributed by atoms with van der Waals surface area (Å²) in [7, 11) is 0. The van der Waals surface area contributed by atoms with Crippen molar-refractivity contribution in [1.82, 2.24) is 0 Å². The second-order valence-electron chi connectivity index (χ2n) is 7.20. The largest absolute Gasteiger partial charge is 0.350 e. The van der Waals surface area contributed by atoms with Crippen LogP contribution in [0.5, 0.6) is 0 Å². The Morgan fingerprint density at radius 3 is 2.24 bits per heavy atom. The highest BCUT2D eigenvalue weighted by molar-refractivity contribution is 6.54. The smallest absolute Gasteiger partial charge is 0.283 e. The molecule has 0 atom stereocenters. The lowest BCUT2D eigenvalue weighted by molar-refractivity contribution is -0.120. The van der Waals surface area contributed by atoms with Gasteiger partial charge in [-0.1, -0.05) is 53.0 Å². The van der Waals surface area contributed by atoms with Crippen LogP contribution in [-0.4, -0.2) is 17.7 Å². The Bertz CT molecular complexity index is 1320. The molecule has 0 aliphatic carbocycles. The van der Waals surface area contributed by atoms with Gasteiger partial charge >= 0.3 is 0 Å². The van der Waals surface area contributed by atoms with Crippen LogP contribution >= 0.6 is 34.8 Å². The number of hydrogen-bond donors (Lipinski definition) is 2. The van der Waals surface area contributed by atoms with E-state index >= 15 is 0 Å². The average Bonchev–Trinajstić information content (AvgIpc) is 2.99. The van der Waals surface area contributed by atoms with Gasteiger partial charge in [-0.3, -0.25) is 14.4 Å². The van der Waals surface area contributed by atoms with E-state index in [2.05, 4.69) is 10.6 Å². The summed E-state index contributed by atoms with van der Waals surface area (Å²) >= 11 is 18.2. The summed E-state index contributed by atoms with van der Waals surface area (Å²) in [6.45, 7) is 1.90. The third-order valence-corrected chi connectivity index (χ3v) is 5.88. The number of nitrogens with one attached hydrogen (secondary N) is 2. The van der Waals surface area contributed by atoms with E-state index in [1.54, 1.807) is 24.3 Å². The van der Waals surface area contributed by atoms with E-state index in [-0.39, 0.29) is 27.3 Å². The molecule has 2 N–H and O–H groups in total. The lowest BCUT2D eigenvalue weighted by Gasteiger charge is -2.16. The van der Waals surface area contributed by atoms with Crippen LogP contribution in [0.2, 0.25) is 10.0 Å². The van der Waals surface area contributed by atoms with Gasteiger partial charge in [0.25, 0.3) is 17.7 Å². The van der Waals surface area contributed by atoms with Crippen molar-refractivity contribution < 1.29 is 14.4 Å². The number of benzene rings is 3. The first kappa shape index (κ1) is 22.9. The Hall–Kier alpha value is -3.32. The van der Waals surface area contributed by atoms with E-state index in [1.807, 2.05) is 31.2 Å². The Morgan fingerprint density at radius 2 is 1.58 bits per heavy atom. The summed E-state index contributed by atoms with van der Waals surface area (Å²) in [6.07, 6.45) is 0. The first-order valence-electron chi connectivity index (χ1n) is 9.74. The van der Waals surface area contributed by atoms with Gasteiger partial charge in [0, 0.05) is 22.0 Å². The minimum Gasteiger partial charge on any atom is -0.350 e. The second kappa shape index (κ2) is 9.27. The first-order chi connectivity index (χ1) is 15.8. The van der Waals surface area contributed by atoms with E-state index in [1.165, 1.54) is 18.2 Å². The molecule has 1 aliphatic heterocycles. The number of carbonyl (C=O) groups excluding carboxylic acids is 3. The van der Waals surface area contributed by atoms with Gasteiger partial charge in [0.1, 0.15) is 10.7 Å². The first-order valence-corrected chi connectivity index (χ1v) is 10.9. The van der Waals surface area contributed by atoms with Crippen molar-refractivity contribution in [2.24, 2.45) is 0 Å². The fourth-order valence-corrected chi connectivity index (χ4v) is 3.96. The number of anilines is 3. The highest BCUT2D eigenvalue weighted by atomic mass is 35.5. The number of aryl methyl sites for hydroxylation is 1. The van der Waals surface area contributed by atoms with Gasteiger partial charge in [-0.15, -0.1) is 0 Å². The van der Waals surface area contributed by atoms with Crippen LogP contribution in [0.3, 0.4) is 0 Å². The zero-order chi connectivity index (χ0) is 23.7. The molecular weight excluding hydrogens is 485 g/mol. The second-order valence-corrected chi connectivity index (χ2v) is 8.42. The predicted molar refractivity (Wildman–Crippen MR) is 131 cm³/mol. The molecule has 6 nitrogen and oxygen atoms in total. The molecule has 1 aliphatic rings. The van der Waals surface area contributed by atoms with E-state index in [4.69, 9.17) is 34.8 Å². The number of para-hydroxylation sites is 1. The molecule has 33 heavy (non-hydrogen) atoms. The van der Waals surface area contributed by atoms with Crippen molar-refractivity contribution in [2.75, 3.05) is 15.5 Å². The fraction of sp³-hybridized carbons (Fsp3) is 0.0417. The summed E-state index contributed by atoms with van der Waals surface area (Å²) in [6, 6.07) is 18.3. The van der Waals surface area contributed by atoms with E-state index in [0.29, 0.717) is 16.3 Å². The van der Waals surface area contributed by atoms with Gasteiger partial charge in [0.2, 0.25) is 0 Å². The quantitative estimate of drug-likeness (QED) is 0.422. The molecule has 0 saturated carbocycles. The molecule has 3 aromatic carbocycles. The number of rotatable bonds is 5. The average molecular weight is 501 g/mol. The molecule has 166 valence electrons. The number of halogens is 3. The molecule has 0 aromatic heterocycles. The molecular formula is C24H16Cl3N3O3. The molecule has 0 saturated heterocycles. The van der Waals surface area contributed by atoms with Crippen molar-refractivity contribution in [1.29, 1.82) is 0 Å². The van der Waals surface area contributed by atoms with Crippen LogP contribution < -0.4 is 15.5 Å². The maximum atomic E-state index is 12.9. The minimum atomic E-state index is -0.706. The lowest BCUT2D eigenvalue weighted by atomic mass is 10.1. The molecule has 0 fully saturated rings. The Balaban J connectivity index is 1.50. The molecule has 0 radical (unpaired) electrons. The van der Waals surface area contributed by atoms with Crippen molar-refractivity contribution in [3.05, 3.63) is 98.6 Å². The van der Waals surface area contributed by atoms with Crippen molar-refractivity contribution in [3.63, 3.8) is 0 Å². The normalized spacial score (nSPS) is 13.5. The number of amides is 3. The molecule has 3 amide bonds. The van der Waals surface area contributed by atoms with E-state index in [9.17, 15) is 14.4 Å². The monoisotopic (exact) mass is 499 g/mol. The zero-order valence-electron chi connectivity index (χ0n) is 17.2. The summed E-state index contributed by atoms with van der Waals surface area (Å²) in [5.74, 6) is -1.64. The highest BCUT2D eigenvalue weighted by Crippen LogP contribution is 2.35. The predicted octanol–water partition coefficient (Wildman–Crippen LogP) is 5.99. The van der Waals surface area contributed by atoms with Crippen LogP contribution in [0, 0.1) is 6.92 Å². The van der Waals surface area contributed by atoms with Gasteiger partial charge in [0.05, 0.1) is 10.7 Å². The van der Waals surface area contributed by atoms with E-state index < -0.39 is 11.8 Å². The number of nitrogens with zero attached hydrogens (tertiary/aromatic N) is 1. The number of carbonyl (C=O) groups is 3. The Kier molecular flexibility index (Phi) is 6.42. The van der Waals surface area contributed by atoms with E-state index in [0.717, 1.165) is 16.2 Å². The van der Waals surface area contributed by atoms with Crippen LogP contribution in [-0.2, 0) is 9.59 Å². The molecule has 0 spiro atoms. The Morgan fingerprint density at radius 1 is 0.879 bits per heavy atom. The maximum absolute atomic E-state index is 12.9. The lowest BCUT2D eigenvalue weighted by Crippen LogP contribution is -2.32. The number of hydrogen-bond acceptors (Lipinski definition) is 4. The van der Waals surface area contributed by atoms with Crippen molar-refractivity contribution in [3.8, 4) is 0 Å². The summed E-state index contributed by atoms with van der Waals surface area (Å²) in [4.78, 5) is 39.0. The van der Waals surface area contributed by atoms with Crippen LogP contribution in [0.15, 0.2) is 77.5 Å². The van der Waals surface area contributed by atoms with Gasteiger partial charge in [-0.05, 0) is 61.0 Å². The third-order valence-electron chi connectivity index (χ3n) is 4.99. The SMILES string of the molecule is Cc1ccccc1NC(=O)c1ccc(NC2=C(Cl)C(=O)N(c3ccc(Cl)cc3Cl)C2=O)cc1. The summed E-state index contributed by atoms with van der Waals surface area (Å²) in [5.41, 5.74) is 2.64. The number of imide groups is 1. The topological polar surface area (TPSA) is 78.5 Å². The highest BCUT2D eigenvalue weighted by Gasteiger charge is 2.39. The van der Waals surface area contributed by atoms with Gasteiger partial charge < -0.3 is 10.6 Å². The molecule has 9 heteroatoms. The fourth-order valence-electron chi connectivity index (χ4n) is 3.25. The molecule has 0 bridgehead atoms. The van der Waals surface area contributed by atoms with Crippen molar-refractivity contribution in [2.45, 2.75) is 6.92 Å². The van der Waals surface area contributed by atoms with Crippen LogP contribution in [0.4, 0.5) is 17.1 Å². The van der Waals surface area contributed by atoms with Gasteiger partial charge in [-0.25, -0.2) is 4.90 Å². The standard InChI is InChI=1S/C24H16Cl3N3O3/c1-13-4-2-3-5-18(13)29-22(31)14-6-9-16(10-7-14)28-21-20(27)23(32)30(24(21)33)19-11-8-15(25)12-17(19)26/h2-12,28H,1H3,(H,29,31). The Labute approximate surface area is 204 Å². The van der Waals surface area contributed by atoms with Crippen molar-refractivity contribution >= 4 is 69.6 Å². The van der Waals surface area contributed by atoms with Crippen LogP contribution in [0.1, 0.15) is 15.9 Å². The van der Waals surface area contributed by atoms with Gasteiger partial charge in [0.15, 0.2) is 0 Å². The minimum absolute atomic E-state index is 0.0928. The molecule has 0 unspecified atom stereocenters. The molecule has 4 rings (SSSR count).